The van der Waals surface area contributed by atoms with Gasteiger partial charge in [-0.05, 0) is 0 Å². The average Bonchev–Trinajstić information content (AvgIpc) is 2.29. The number of rotatable bonds is 2. The summed E-state index contributed by atoms with van der Waals surface area (Å²) < 4.78 is 8.52. The van der Waals surface area contributed by atoms with Crippen molar-refractivity contribution in [1.82, 2.24) is 0 Å². The summed E-state index contributed by atoms with van der Waals surface area (Å²) in [5.74, 6) is -6.25. The molecule has 9 nitrogen and oxygen atoms in total. The van der Waals surface area contributed by atoms with Gasteiger partial charge in [0.1, 0.15) is 18.3 Å². The second kappa shape index (κ2) is 4.55. The highest BCUT2D eigenvalue weighted by molar-refractivity contribution is 5.80. The number of aliphatic carboxylic acids is 1. The van der Waals surface area contributed by atoms with Gasteiger partial charge in [-0.1, -0.05) is 0 Å². The number of carboxylic acid groups (broad SMARTS) is 1. The van der Waals surface area contributed by atoms with E-state index in [2.05, 4.69) is 9.47 Å². The van der Waals surface area contributed by atoms with E-state index in [1.807, 2.05) is 0 Å². The first-order valence-electron chi connectivity index (χ1n) is 4.51. The summed E-state index contributed by atoms with van der Waals surface area (Å²) in [5.41, 5.74) is 0. The molecule has 0 aliphatic carbocycles. The Morgan fingerprint density at radius 1 is 1.24 bits per heavy atom. The molecule has 17 heavy (non-hydrogen) atoms. The Balaban J connectivity index is 3.08. The molecule has 0 amide bonds. The van der Waals surface area contributed by atoms with Gasteiger partial charge >= 0.3 is 11.9 Å². The van der Waals surface area contributed by atoms with Gasteiger partial charge in [-0.15, -0.1) is 0 Å². The van der Waals surface area contributed by atoms with Crippen LogP contribution >= 0.6 is 0 Å². The molecular formula is C8H12O9. The third-order valence-corrected chi connectivity index (χ3v) is 2.41. The largest absolute Gasteiger partial charge is 0.479 e. The lowest BCUT2D eigenvalue weighted by Crippen LogP contribution is -2.69. The normalized spacial score (nSPS) is 41.9. The Bertz CT molecular complexity index is 329. The molecule has 0 unspecified atom stereocenters. The smallest absolute Gasteiger partial charge is 0.369 e. The lowest BCUT2D eigenvalue weighted by atomic mass is 9.92. The van der Waals surface area contributed by atoms with Crippen molar-refractivity contribution in [3.8, 4) is 0 Å². The van der Waals surface area contributed by atoms with Crippen molar-refractivity contribution in [2.24, 2.45) is 0 Å². The summed E-state index contributed by atoms with van der Waals surface area (Å²) in [5, 5.41) is 46.3. The number of carbonyl (C=O) groups is 2. The molecule has 1 aliphatic rings. The average molecular weight is 252 g/mol. The van der Waals surface area contributed by atoms with Gasteiger partial charge < -0.3 is 35.0 Å². The highest BCUT2D eigenvalue weighted by Gasteiger charge is 2.60. The van der Waals surface area contributed by atoms with E-state index in [4.69, 9.17) is 5.11 Å². The first-order chi connectivity index (χ1) is 7.75. The molecule has 0 aromatic carbocycles. The van der Waals surface area contributed by atoms with Gasteiger partial charge in [-0.3, -0.25) is 0 Å². The molecule has 9 heteroatoms. The Morgan fingerprint density at radius 3 is 2.18 bits per heavy atom. The SMILES string of the molecule is COC(=O)[C@@]1(O)O[C@H](C(=O)O)[C@@H](O)[C@H](O)[C@H]1O. The van der Waals surface area contributed by atoms with Gasteiger partial charge in [0.25, 0.3) is 5.79 Å². The molecule has 5 N–H and O–H groups in total. The van der Waals surface area contributed by atoms with E-state index in [0.717, 1.165) is 7.11 Å². The van der Waals surface area contributed by atoms with Gasteiger partial charge in [-0.2, -0.15) is 0 Å². The van der Waals surface area contributed by atoms with Crippen molar-refractivity contribution >= 4 is 11.9 Å². The highest BCUT2D eigenvalue weighted by Crippen LogP contribution is 2.29. The zero-order valence-electron chi connectivity index (χ0n) is 8.68. The zero-order valence-corrected chi connectivity index (χ0v) is 8.68. The minimum atomic E-state index is -3.05. The van der Waals surface area contributed by atoms with E-state index in [-0.39, 0.29) is 0 Å². The van der Waals surface area contributed by atoms with Crippen LogP contribution in [0.4, 0.5) is 0 Å². The summed E-state index contributed by atoms with van der Waals surface area (Å²) in [6.07, 6.45) is -8.38. The fourth-order valence-electron chi connectivity index (χ4n) is 1.44. The van der Waals surface area contributed by atoms with Crippen LogP contribution in [0.1, 0.15) is 0 Å². The van der Waals surface area contributed by atoms with Crippen LogP contribution < -0.4 is 0 Å². The fourth-order valence-corrected chi connectivity index (χ4v) is 1.44. The highest BCUT2D eigenvalue weighted by atomic mass is 16.7. The van der Waals surface area contributed by atoms with Gasteiger partial charge in [0, 0.05) is 0 Å². The van der Waals surface area contributed by atoms with Crippen molar-refractivity contribution in [2.45, 2.75) is 30.2 Å². The second-order valence-electron chi connectivity index (χ2n) is 3.49. The molecule has 0 aromatic rings. The van der Waals surface area contributed by atoms with Crippen LogP contribution in [0, 0.1) is 0 Å². The van der Waals surface area contributed by atoms with Gasteiger partial charge in [0.15, 0.2) is 6.10 Å². The molecule has 1 heterocycles. The number of aliphatic hydroxyl groups is 4. The molecule has 0 aromatic heterocycles. The lowest BCUT2D eigenvalue weighted by Gasteiger charge is -2.42. The summed E-state index contributed by atoms with van der Waals surface area (Å²) in [7, 11) is 0.865. The fraction of sp³-hybridized carbons (Fsp3) is 0.750. The third kappa shape index (κ3) is 2.10. The first kappa shape index (κ1) is 13.8. The van der Waals surface area contributed by atoms with Crippen molar-refractivity contribution in [2.75, 3.05) is 7.11 Å². The Kier molecular flexibility index (Phi) is 3.69. The molecule has 1 rings (SSSR count). The topological polar surface area (TPSA) is 154 Å². The maximum absolute atomic E-state index is 11.2. The van der Waals surface area contributed by atoms with E-state index < -0.39 is 42.1 Å². The monoisotopic (exact) mass is 252 g/mol. The van der Waals surface area contributed by atoms with Gasteiger partial charge in [0.05, 0.1) is 7.11 Å². The number of hydrogen-bond donors (Lipinski definition) is 5. The maximum Gasteiger partial charge on any atom is 0.369 e. The van der Waals surface area contributed by atoms with Crippen molar-refractivity contribution in [3.05, 3.63) is 0 Å². The minimum absolute atomic E-state index is 0.865. The molecule has 1 aliphatic heterocycles. The molecular weight excluding hydrogens is 240 g/mol. The third-order valence-electron chi connectivity index (χ3n) is 2.41. The van der Waals surface area contributed by atoms with Crippen LogP contribution in [0.3, 0.4) is 0 Å². The summed E-state index contributed by atoms with van der Waals surface area (Å²) in [4.78, 5) is 21.9. The summed E-state index contributed by atoms with van der Waals surface area (Å²) in [6.45, 7) is 0. The van der Waals surface area contributed by atoms with Crippen molar-refractivity contribution in [3.63, 3.8) is 0 Å². The zero-order chi connectivity index (χ0) is 13.4. The summed E-state index contributed by atoms with van der Waals surface area (Å²) >= 11 is 0. The van der Waals surface area contributed by atoms with Crippen LogP contribution in [0.2, 0.25) is 0 Å². The minimum Gasteiger partial charge on any atom is -0.479 e. The van der Waals surface area contributed by atoms with Crippen LogP contribution in [0.25, 0.3) is 0 Å². The van der Waals surface area contributed by atoms with Crippen LogP contribution in [-0.2, 0) is 19.1 Å². The quantitative estimate of drug-likeness (QED) is 0.314. The maximum atomic E-state index is 11.2. The van der Waals surface area contributed by atoms with Crippen LogP contribution in [0.15, 0.2) is 0 Å². The number of hydrogen-bond acceptors (Lipinski definition) is 8. The van der Waals surface area contributed by atoms with Crippen LogP contribution in [-0.4, -0.2) is 74.8 Å². The molecule has 0 spiro atoms. The van der Waals surface area contributed by atoms with E-state index in [0.29, 0.717) is 0 Å². The van der Waals surface area contributed by atoms with Crippen molar-refractivity contribution < 1.29 is 44.6 Å². The molecule has 0 saturated carbocycles. The molecule has 0 radical (unpaired) electrons. The number of ether oxygens (including phenoxy) is 2. The van der Waals surface area contributed by atoms with E-state index in [1.165, 1.54) is 0 Å². The van der Waals surface area contributed by atoms with Gasteiger partial charge in [0.2, 0.25) is 0 Å². The Morgan fingerprint density at radius 2 is 1.76 bits per heavy atom. The number of aliphatic hydroxyl groups excluding tert-OH is 3. The second-order valence-corrected chi connectivity index (χ2v) is 3.49. The number of esters is 1. The van der Waals surface area contributed by atoms with E-state index >= 15 is 0 Å². The number of carbonyl (C=O) groups excluding carboxylic acids is 1. The number of carboxylic acids is 1. The molecule has 1 saturated heterocycles. The first-order valence-corrected chi connectivity index (χ1v) is 4.51. The standard InChI is InChI=1S/C8H12O9/c1-16-7(14)8(15)5(11)3(10)2(9)4(17-8)6(12)13/h2-5,9-11,15H,1H3,(H,12,13)/t2-,3-,4-,5+,8-/m0/s1. The molecule has 0 bridgehead atoms. The predicted octanol–water partition coefficient (Wildman–Crippen LogP) is -3.59. The van der Waals surface area contributed by atoms with Gasteiger partial charge in [-0.25, -0.2) is 9.59 Å². The Labute approximate surface area is 94.8 Å². The molecule has 5 atom stereocenters. The Hall–Kier alpha value is -1.26. The molecule has 1 fully saturated rings. The van der Waals surface area contributed by atoms with E-state index in [1.54, 1.807) is 0 Å². The lowest BCUT2D eigenvalue weighted by molar-refractivity contribution is -0.331. The summed E-state index contributed by atoms with van der Waals surface area (Å²) in [6, 6.07) is 0. The van der Waals surface area contributed by atoms with Crippen molar-refractivity contribution in [1.29, 1.82) is 0 Å². The van der Waals surface area contributed by atoms with Crippen LogP contribution in [0.5, 0.6) is 0 Å². The number of methoxy groups -OCH3 is 1. The predicted molar refractivity (Wildman–Crippen MR) is 47.5 cm³/mol. The molecule has 98 valence electrons. The van der Waals surface area contributed by atoms with E-state index in [9.17, 15) is 30.0 Å².